The molecule has 37 heavy (non-hydrogen) atoms. The van der Waals surface area contributed by atoms with Crippen LogP contribution < -0.4 is 10.6 Å². The number of carbonyl (C=O) groups excluding carboxylic acids is 3. The Kier molecular flexibility index (Phi) is 6.90. The minimum atomic E-state index is -0.914. The van der Waals surface area contributed by atoms with Crippen molar-refractivity contribution in [2.45, 2.75) is 38.5 Å². The fraction of sp³-hybridized carbons (Fsp3) is 0.276. The molecule has 1 saturated carbocycles. The van der Waals surface area contributed by atoms with Crippen molar-refractivity contribution in [3.8, 4) is 0 Å². The zero-order valence-electron chi connectivity index (χ0n) is 20.4. The van der Waals surface area contributed by atoms with Gasteiger partial charge in [0.15, 0.2) is 12.1 Å². The highest BCUT2D eigenvalue weighted by Crippen LogP contribution is 2.35. The molecule has 0 unspecified atom stereocenters. The van der Waals surface area contributed by atoms with E-state index in [4.69, 9.17) is 4.74 Å². The Balaban J connectivity index is 1.34. The zero-order valence-corrected chi connectivity index (χ0v) is 20.4. The highest BCUT2D eigenvalue weighted by Gasteiger charge is 2.47. The van der Waals surface area contributed by atoms with Crippen molar-refractivity contribution in [3.05, 3.63) is 101 Å². The number of rotatable bonds is 8. The summed E-state index contributed by atoms with van der Waals surface area (Å²) in [5.74, 6) is -0.498. The van der Waals surface area contributed by atoms with E-state index >= 15 is 0 Å². The lowest BCUT2D eigenvalue weighted by Crippen LogP contribution is -2.46. The predicted molar refractivity (Wildman–Crippen MR) is 136 cm³/mol. The van der Waals surface area contributed by atoms with Crippen LogP contribution in [0.2, 0.25) is 0 Å². The number of amides is 3. The Morgan fingerprint density at radius 3 is 2.43 bits per heavy atom. The van der Waals surface area contributed by atoms with E-state index in [9.17, 15) is 18.8 Å². The molecule has 5 rings (SSSR count). The number of hydrogen-bond acceptors (Lipinski definition) is 4. The van der Waals surface area contributed by atoms with E-state index in [0.29, 0.717) is 34.8 Å². The quantitative estimate of drug-likeness (QED) is 0.456. The monoisotopic (exact) mass is 501 g/mol. The number of carbonyl (C=O) groups is 3. The van der Waals surface area contributed by atoms with Gasteiger partial charge in [-0.25, -0.2) is 9.18 Å². The van der Waals surface area contributed by atoms with Gasteiger partial charge >= 0.3 is 6.09 Å². The first kappa shape index (κ1) is 24.5. The molecule has 2 N–H and O–H groups in total. The van der Waals surface area contributed by atoms with E-state index in [1.54, 1.807) is 48.5 Å². The van der Waals surface area contributed by atoms with Gasteiger partial charge in [-0.1, -0.05) is 42.0 Å². The highest BCUT2D eigenvalue weighted by atomic mass is 19.1. The largest absolute Gasteiger partial charge is 0.438 e. The molecule has 2 aliphatic rings. The first-order valence-corrected chi connectivity index (χ1v) is 12.3. The van der Waals surface area contributed by atoms with Gasteiger partial charge in [0.25, 0.3) is 5.91 Å². The van der Waals surface area contributed by atoms with E-state index in [0.717, 1.165) is 18.4 Å². The molecule has 1 saturated heterocycles. The number of aryl methyl sites for hydroxylation is 1. The molecule has 7 nitrogen and oxygen atoms in total. The van der Waals surface area contributed by atoms with Crippen molar-refractivity contribution in [1.29, 1.82) is 0 Å². The van der Waals surface area contributed by atoms with Crippen LogP contribution in [0.4, 0.5) is 14.9 Å². The topological polar surface area (TPSA) is 87.7 Å². The molecule has 2 atom stereocenters. The summed E-state index contributed by atoms with van der Waals surface area (Å²) >= 11 is 0. The summed E-state index contributed by atoms with van der Waals surface area (Å²) in [5.41, 5.74) is 3.36. The SMILES string of the molecule is Cc1ccc(C(=O)Nc2ccc([C@@H]3OC(=O)N(Cc4cccc(F)c4)[C@@H]3C(=O)NCC3CC3)cc2)cc1. The molecule has 0 radical (unpaired) electrons. The number of hydrogen-bond donors (Lipinski definition) is 2. The normalized spacial score (nSPS) is 18.9. The van der Waals surface area contributed by atoms with Gasteiger partial charge in [0.1, 0.15) is 5.82 Å². The smallest absolute Gasteiger partial charge is 0.411 e. The van der Waals surface area contributed by atoms with Gasteiger partial charge in [0.05, 0.1) is 6.54 Å². The molecule has 1 aliphatic carbocycles. The number of ether oxygens (including phenoxy) is 1. The molecule has 8 heteroatoms. The van der Waals surface area contributed by atoms with Gasteiger partial charge in [-0.05, 0) is 73.2 Å². The maximum Gasteiger partial charge on any atom is 0.411 e. The fourth-order valence-corrected chi connectivity index (χ4v) is 4.38. The first-order chi connectivity index (χ1) is 17.9. The molecule has 3 aromatic rings. The zero-order chi connectivity index (χ0) is 25.9. The lowest BCUT2D eigenvalue weighted by atomic mass is 10.00. The lowest BCUT2D eigenvalue weighted by molar-refractivity contribution is -0.126. The van der Waals surface area contributed by atoms with E-state index in [1.165, 1.54) is 17.0 Å². The number of halogens is 1. The fourth-order valence-electron chi connectivity index (χ4n) is 4.38. The predicted octanol–water partition coefficient (Wildman–Crippen LogP) is 4.97. The molecule has 3 aromatic carbocycles. The molecule has 0 spiro atoms. The molecule has 3 amide bonds. The van der Waals surface area contributed by atoms with Crippen LogP contribution in [-0.4, -0.2) is 35.4 Å². The summed E-state index contributed by atoms with van der Waals surface area (Å²) in [7, 11) is 0. The number of nitrogens with zero attached hydrogens (tertiary/aromatic N) is 1. The number of nitrogens with one attached hydrogen (secondary N) is 2. The molecule has 2 fully saturated rings. The molecular weight excluding hydrogens is 473 g/mol. The van der Waals surface area contributed by atoms with Crippen LogP contribution in [0.1, 0.15) is 46.0 Å². The summed E-state index contributed by atoms with van der Waals surface area (Å²) < 4.78 is 19.4. The summed E-state index contributed by atoms with van der Waals surface area (Å²) in [5, 5.41) is 5.80. The van der Waals surface area contributed by atoms with E-state index in [-0.39, 0.29) is 18.4 Å². The molecule has 0 aromatic heterocycles. The second kappa shape index (κ2) is 10.4. The average molecular weight is 502 g/mol. The molecular formula is C29H28FN3O4. The molecule has 1 aliphatic heterocycles. The van der Waals surface area contributed by atoms with Gasteiger partial charge in [-0.15, -0.1) is 0 Å². The van der Waals surface area contributed by atoms with Gasteiger partial charge in [0, 0.05) is 17.8 Å². The van der Waals surface area contributed by atoms with Gasteiger partial charge < -0.3 is 15.4 Å². The number of cyclic esters (lactones) is 1. The van der Waals surface area contributed by atoms with Crippen LogP contribution in [-0.2, 0) is 16.1 Å². The summed E-state index contributed by atoms with van der Waals surface area (Å²) in [6.45, 7) is 2.54. The Labute approximate surface area is 214 Å². The van der Waals surface area contributed by atoms with Crippen molar-refractivity contribution < 1.29 is 23.5 Å². The van der Waals surface area contributed by atoms with Crippen LogP contribution in [0.15, 0.2) is 72.8 Å². The van der Waals surface area contributed by atoms with Crippen molar-refractivity contribution in [3.63, 3.8) is 0 Å². The van der Waals surface area contributed by atoms with Crippen LogP contribution in [0.5, 0.6) is 0 Å². The van der Waals surface area contributed by atoms with Gasteiger partial charge in [-0.3, -0.25) is 14.5 Å². The molecule has 190 valence electrons. The highest BCUT2D eigenvalue weighted by molar-refractivity contribution is 6.04. The Hall–Kier alpha value is -4.20. The first-order valence-electron chi connectivity index (χ1n) is 12.3. The minimum absolute atomic E-state index is 0.0410. The van der Waals surface area contributed by atoms with Crippen LogP contribution in [0, 0.1) is 18.7 Å². The standard InChI is InChI=1S/C29H28FN3O4/c1-18-5-9-22(10-6-18)27(34)32-24-13-11-21(12-14-24)26-25(28(35)31-16-19-7-8-19)33(29(36)37-26)17-20-3-2-4-23(30)15-20/h2-6,9-15,19,25-26H,7-8,16-17H2,1H3,(H,31,35)(H,32,34)/t25-,26-/m0/s1. The second-order valence-electron chi connectivity index (χ2n) is 9.64. The number of benzene rings is 3. The summed E-state index contributed by atoms with van der Waals surface area (Å²) in [6, 6.07) is 19.2. The average Bonchev–Trinajstić information content (AvgIpc) is 3.66. The Morgan fingerprint density at radius 2 is 1.76 bits per heavy atom. The van der Waals surface area contributed by atoms with E-state index in [1.807, 2.05) is 19.1 Å². The maximum absolute atomic E-state index is 13.8. The second-order valence-corrected chi connectivity index (χ2v) is 9.64. The van der Waals surface area contributed by atoms with Crippen molar-refractivity contribution >= 4 is 23.6 Å². The lowest BCUT2D eigenvalue weighted by Gasteiger charge is -2.24. The van der Waals surface area contributed by atoms with E-state index in [2.05, 4.69) is 10.6 Å². The third-order valence-electron chi connectivity index (χ3n) is 6.67. The van der Waals surface area contributed by atoms with Crippen LogP contribution in [0.25, 0.3) is 0 Å². The summed E-state index contributed by atoms with van der Waals surface area (Å²) in [4.78, 5) is 40.0. The van der Waals surface area contributed by atoms with E-state index < -0.39 is 24.1 Å². The minimum Gasteiger partial charge on any atom is -0.438 e. The third kappa shape index (κ3) is 5.80. The van der Waals surface area contributed by atoms with Crippen LogP contribution in [0.3, 0.4) is 0 Å². The number of anilines is 1. The molecule has 0 bridgehead atoms. The Bertz CT molecular complexity index is 1310. The molecule has 1 heterocycles. The van der Waals surface area contributed by atoms with Gasteiger partial charge in [-0.2, -0.15) is 0 Å². The van der Waals surface area contributed by atoms with Crippen molar-refractivity contribution in [2.24, 2.45) is 5.92 Å². The van der Waals surface area contributed by atoms with Gasteiger partial charge in [0.2, 0.25) is 5.91 Å². The maximum atomic E-state index is 13.8. The van der Waals surface area contributed by atoms with Crippen molar-refractivity contribution in [1.82, 2.24) is 10.2 Å². The summed E-state index contributed by atoms with van der Waals surface area (Å²) in [6.07, 6.45) is 0.666. The Morgan fingerprint density at radius 1 is 1.03 bits per heavy atom. The van der Waals surface area contributed by atoms with Crippen molar-refractivity contribution in [2.75, 3.05) is 11.9 Å². The van der Waals surface area contributed by atoms with Crippen LogP contribution >= 0.6 is 0 Å². The third-order valence-corrected chi connectivity index (χ3v) is 6.67.